The Balaban J connectivity index is 2.05. The maximum atomic E-state index is 5.99. The molecule has 1 N–H and O–H groups in total. The predicted octanol–water partition coefficient (Wildman–Crippen LogP) is 2.77. The van der Waals surface area contributed by atoms with Crippen LogP contribution in [0, 0.1) is 5.92 Å². The predicted molar refractivity (Wildman–Crippen MR) is 67.3 cm³/mol. The summed E-state index contributed by atoms with van der Waals surface area (Å²) in [6.07, 6.45) is 1.28. The lowest BCUT2D eigenvalue weighted by molar-refractivity contribution is 0.0832. The molecule has 0 saturated carbocycles. The highest BCUT2D eigenvalue weighted by molar-refractivity contribution is 6.42. The van der Waals surface area contributed by atoms with E-state index in [1.54, 1.807) is 7.11 Å². The van der Waals surface area contributed by atoms with Gasteiger partial charge in [-0.25, -0.2) is 0 Å². The Kier molecular flexibility index (Phi) is 4.09. The molecular formula is C12H15Cl2NO. The summed E-state index contributed by atoms with van der Waals surface area (Å²) in [7, 11) is 1.76. The van der Waals surface area contributed by atoms with E-state index in [1.165, 1.54) is 5.56 Å². The SMILES string of the molecule is CO[C@@H]1CNCC1Cc1ccc(Cl)c(Cl)c1. The molecule has 0 amide bonds. The molecule has 1 aliphatic heterocycles. The van der Waals surface area contributed by atoms with Gasteiger partial charge in [-0.1, -0.05) is 29.3 Å². The van der Waals surface area contributed by atoms with Crippen molar-refractivity contribution in [2.24, 2.45) is 5.92 Å². The first kappa shape index (κ1) is 12.2. The van der Waals surface area contributed by atoms with Gasteiger partial charge in [0.25, 0.3) is 0 Å². The molecule has 2 atom stereocenters. The van der Waals surface area contributed by atoms with Gasteiger partial charge in [0.2, 0.25) is 0 Å². The second-order valence-electron chi connectivity index (χ2n) is 4.15. The smallest absolute Gasteiger partial charge is 0.0739 e. The molecule has 0 bridgehead atoms. The average Bonchev–Trinajstić information content (AvgIpc) is 2.71. The number of benzene rings is 1. The van der Waals surface area contributed by atoms with Gasteiger partial charge in [-0.2, -0.15) is 0 Å². The molecule has 0 aromatic heterocycles. The Morgan fingerprint density at radius 3 is 2.81 bits per heavy atom. The first-order valence-corrected chi connectivity index (χ1v) is 6.13. The van der Waals surface area contributed by atoms with Gasteiger partial charge in [0.15, 0.2) is 0 Å². The summed E-state index contributed by atoms with van der Waals surface area (Å²) >= 11 is 11.9. The number of ether oxygens (including phenoxy) is 1. The van der Waals surface area contributed by atoms with Crippen LogP contribution in [-0.2, 0) is 11.2 Å². The van der Waals surface area contributed by atoms with Gasteiger partial charge in [-0.05, 0) is 24.1 Å². The minimum Gasteiger partial charge on any atom is -0.380 e. The molecule has 2 rings (SSSR count). The Morgan fingerprint density at radius 1 is 1.31 bits per heavy atom. The van der Waals surface area contributed by atoms with Crippen molar-refractivity contribution in [2.45, 2.75) is 12.5 Å². The van der Waals surface area contributed by atoms with Crippen molar-refractivity contribution < 1.29 is 4.74 Å². The van der Waals surface area contributed by atoms with Gasteiger partial charge < -0.3 is 10.1 Å². The van der Waals surface area contributed by atoms with E-state index in [0.29, 0.717) is 22.1 Å². The molecule has 2 nitrogen and oxygen atoms in total. The van der Waals surface area contributed by atoms with E-state index in [4.69, 9.17) is 27.9 Å². The number of nitrogens with one attached hydrogen (secondary N) is 1. The zero-order chi connectivity index (χ0) is 11.5. The fourth-order valence-corrected chi connectivity index (χ4v) is 2.48. The lowest BCUT2D eigenvalue weighted by Crippen LogP contribution is -2.22. The van der Waals surface area contributed by atoms with Crippen LogP contribution >= 0.6 is 23.2 Å². The monoisotopic (exact) mass is 259 g/mol. The molecule has 1 aromatic carbocycles. The molecule has 16 heavy (non-hydrogen) atoms. The molecule has 0 radical (unpaired) electrons. The fourth-order valence-electron chi connectivity index (χ4n) is 2.16. The number of hydrogen-bond donors (Lipinski definition) is 1. The second-order valence-corrected chi connectivity index (χ2v) is 4.96. The highest BCUT2D eigenvalue weighted by atomic mass is 35.5. The van der Waals surface area contributed by atoms with Crippen molar-refractivity contribution in [3.8, 4) is 0 Å². The molecule has 4 heteroatoms. The Bertz CT molecular complexity index is 370. The van der Waals surface area contributed by atoms with Crippen LogP contribution in [0.4, 0.5) is 0 Å². The summed E-state index contributed by atoms with van der Waals surface area (Å²) < 4.78 is 5.43. The molecular weight excluding hydrogens is 245 g/mol. The van der Waals surface area contributed by atoms with E-state index in [0.717, 1.165) is 19.5 Å². The van der Waals surface area contributed by atoms with Crippen LogP contribution in [0.25, 0.3) is 0 Å². The molecule has 1 aromatic rings. The lowest BCUT2D eigenvalue weighted by Gasteiger charge is -2.17. The van der Waals surface area contributed by atoms with Gasteiger partial charge in [-0.3, -0.25) is 0 Å². The lowest BCUT2D eigenvalue weighted by atomic mass is 9.96. The van der Waals surface area contributed by atoms with Crippen molar-refractivity contribution >= 4 is 23.2 Å². The van der Waals surface area contributed by atoms with E-state index in [2.05, 4.69) is 5.32 Å². The van der Waals surface area contributed by atoms with E-state index >= 15 is 0 Å². The van der Waals surface area contributed by atoms with E-state index in [-0.39, 0.29) is 0 Å². The van der Waals surface area contributed by atoms with Crippen LogP contribution < -0.4 is 5.32 Å². The first-order valence-electron chi connectivity index (χ1n) is 5.38. The summed E-state index contributed by atoms with van der Waals surface area (Å²) in [5.74, 6) is 0.516. The summed E-state index contributed by atoms with van der Waals surface area (Å²) in [6, 6.07) is 5.82. The molecule has 1 heterocycles. The minimum absolute atomic E-state index is 0.300. The number of hydrogen-bond acceptors (Lipinski definition) is 2. The molecule has 1 unspecified atom stereocenters. The second kappa shape index (κ2) is 5.37. The van der Waals surface area contributed by atoms with Crippen LogP contribution in [0.15, 0.2) is 18.2 Å². The zero-order valence-electron chi connectivity index (χ0n) is 9.17. The van der Waals surface area contributed by atoms with Crippen molar-refractivity contribution in [2.75, 3.05) is 20.2 Å². The largest absolute Gasteiger partial charge is 0.380 e. The van der Waals surface area contributed by atoms with Gasteiger partial charge in [0.05, 0.1) is 16.1 Å². The van der Waals surface area contributed by atoms with Gasteiger partial charge in [0.1, 0.15) is 0 Å². The van der Waals surface area contributed by atoms with Gasteiger partial charge >= 0.3 is 0 Å². The highest BCUT2D eigenvalue weighted by Gasteiger charge is 2.26. The third kappa shape index (κ3) is 2.69. The van der Waals surface area contributed by atoms with Crippen LogP contribution in [0.1, 0.15) is 5.56 Å². The first-order chi connectivity index (χ1) is 7.70. The molecule has 1 saturated heterocycles. The molecule has 88 valence electrons. The zero-order valence-corrected chi connectivity index (χ0v) is 10.7. The summed E-state index contributed by atoms with van der Waals surface area (Å²) in [5.41, 5.74) is 1.21. The van der Waals surface area contributed by atoms with Crippen LogP contribution in [0.2, 0.25) is 10.0 Å². The number of halogens is 2. The maximum absolute atomic E-state index is 5.99. The van der Waals surface area contributed by atoms with E-state index in [9.17, 15) is 0 Å². The van der Waals surface area contributed by atoms with Crippen molar-refractivity contribution in [3.05, 3.63) is 33.8 Å². The van der Waals surface area contributed by atoms with Crippen LogP contribution in [-0.4, -0.2) is 26.3 Å². The Hall–Kier alpha value is -0.280. The Morgan fingerprint density at radius 2 is 2.12 bits per heavy atom. The number of methoxy groups -OCH3 is 1. The molecule has 1 aliphatic rings. The molecule has 0 spiro atoms. The summed E-state index contributed by atoms with van der Waals surface area (Å²) in [5, 5.41) is 4.57. The molecule has 0 aliphatic carbocycles. The minimum atomic E-state index is 0.300. The third-order valence-electron chi connectivity index (χ3n) is 3.06. The topological polar surface area (TPSA) is 21.3 Å². The van der Waals surface area contributed by atoms with E-state index in [1.807, 2.05) is 18.2 Å². The highest BCUT2D eigenvalue weighted by Crippen LogP contribution is 2.25. The van der Waals surface area contributed by atoms with E-state index < -0.39 is 0 Å². The van der Waals surface area contributed by atoms with Crippen molar-refractivity contribution in [1.82, 2.24) is 5.32 Å². The normalized spacial score (nSPS) is 24.9. The maximum Gasteiger partial charge on any atom is 0.0739 e. The summed E-state index contributed by atoms with van der Waals surface area (Å²) in [4.78, 5) is 0. The van der Waals surface area contributed by atoms with Gasteiger partial charge in [0, 0.05) is 26.1 Å². The van der Waals surface area contributed by atoms with Crippen LogP contribution in [0.3, 0.4) is 0 Å². The standard InChI is InChI=1S/C12H15Cl2NO/c1-16-12-7-15-6-9(12)4-8-2-3-10(13)11(14)5-8/h2-3,5,9,12,15H,4,6-7H2,1H3/t9?,12-/m1/s1. The van der Waals surface area contributed by atoms with Crippen molar-refractivity contribution in [3.63, 3.8) is 0 Å². The quantitative estimate of drug-likeness (QED) is 0.902. The number of rotatable bonds is 3. The average molecular weight is 260 g/mol. The van der Waals surface area contributed by atoms with Gasteiger partial charge in [-0.15, -0.1) is 0 Å². The fraction of sp³-hybridized carbons (Fsp3) is 0.500. The summed E-state index contributed by atoms with van der Waals surface area (Å²) in [6.45, 7) is 1.93. The van der Waals surface area contributed by atoms with Crippen LogP contribution in [0.5, 0.6) is 0 Å². The third-order valence-corrected chi connectivity index (χ3v) is 3.80. The molecule has 1 fully saturated rings. The Labute approximate surface area is 106 Å². The van der Waals surface area contributed by atoms with Crippen molar-refractivity contribution in [1.29, 1.82) is 0 Å².